The lowest BCUT2D eigenvalue weighted by Gasteiger charge is -2.23. The number of alkyl halides is 3. The Balaban J connectivity index is 2.56. The van der Waals surface area contributed by atoms with Gasteiger partial charge in [0.15, 0.2) is 0 Å². The van der Waals surface area contributed by atoms with E-state index in [1.807, 2.05) is 0 Å². The zero-order chi connectivity index (χ0) is 17.9. The molecule has 1 heterocycles. The van der Waals surface area contributed by atoms with Gasteiger partial charge < -0.3 is 21.3 Å². The second-order valence-electron chi connectivity index (χ2n) is 5.56. The summed E-state index contributed by atoms with van der Waals surface area (Å²) in [5.41, 5.74) is -5.26. The van der Waals surface area contributed by atoms with Gasteiger partial charge in [-0.15, -0.1) is 0 Å². The zero-order valence-corrected chi connectivity index (χ0v) is 14.6. The molecule has 1 saturated heterocycles. The maximum absolute atomic E-state index is 12.8. The van der Waals surface area contributed by atoms with E-state index in [4.69, 9.17) is 0 Å². The van der Waals surface area contributed by atoms with Gasteiger partial charge in [-0.2, -0.15) is 17.5 Å². The quantitative estimate of drug-likeness (QED) is 0.485. The lowest BCUT2D eigenvalue weighted by Crippen LogP contribution is -2.45. The van der Waals surface area contributed by atoms with Gasteiger partial charge in [0.1, 0.15) is 0 Å². The first-order valence-electron chi connectivity index (χ1n) is 8.25. The molecule has 0 spiro atoms. The minimum absolute atomic E-state index is 0.151. The van der Waals surface area contributed by atoms with Crippen LogP contribution in [0.1, 0.15) is 12.8 Å². The van der Waals surface area contributed by atoms with E-state index in [-0.39, 0.29) is 19.6 Å². The fourth-order valence-corrected chi connectivity index (χ4v) is 3.27. The maximum atomic E-state index is 12.8. The van der Waals surface area contributed by atoms with Crippen LogP contribution in [0.25, 0.3) is 0 Å². The van der Waals surface area contributed by atoms with Crippen LogP contribution in [-0.4, -0.2) is 83.7 Å². The Morgan fingerprint density at radius 1 is 0.667 bits per heavy atom. The molecule has 1 aliphatic heterocycles. The van der Waals surface area contributed by atoms with Crippen molar-refractivity contribution in [1.82, 2.24) is 25.6 Å². The minimum atomic E-state index is -5.29. The highest BCUT2D eigenvalue weighted by Crippen LogP contribution is 2.26. The Morgan fingerprint density at radius 3 is 1.62 bits per heavy atom. The fourth-order valence-electron chi connectivity index (χ4n) is 2.27. The third-order valence-electron chi connectivity index (χ3n) is 3.60. The first-order chi connectivity index (χ1) is 11.4. The molecule has 0 saturated carbocycles. The Morgan fingerprint density at radius 2 is 1.12 bits per heavy atom. The molecule has 7 nitrogen and oxygen atoms in total. The largest absolute Gasteiger partial charge is 0.511 e. The Labute approximate surface area is 141 Å². The summed E-state index contributed by atoms with van der Waals surface area (Å²) in [6, 6.07) is 0. The molecule has 11 heteroatoms. The van der Waals surface area contributed by atoms with Crippen molar-refractivity contribution < 1.29 is 21.6 Å². The van der Waals surface area contributed by atoms with Crippen LogP contribution in [0, 0.1) is 0 Å². The van der Waals surface area contributed by atoms with Crippen LogP contribution in [0.3, 0.4) is 0 Å². The van der Waals surface area contributed by atoms with Crippen LogP contribution >= 0.6 is 0 Å². The average molecular weight is 375 g/mol. The molecule has 144 valence electrons. The monoisotopic (exact) mass is 375 g/mol. The van der Waals surface area contributed by atoms with Crippen LogP contribution in [0.4, 0.5) is 13.2 Å². The van der Waals surface area contributed by atoms with Crippen LogP contribution in [0.5, 0.6) is 0 Å². The van der Waals surface area contributed by atoms with Crippen molar-refractivity contribution in [2.75, 3.05) is 65.4 Å². The smallest absolute Gasteiger partial charge is 0.315 e. The van der Waals surface area contributed by atoms with Crippen molar-refractivity contribution in [3.63, 3.8) is 0 Å². The van der Waals surface area contributed by atoms with Gasteiger partial charge in [0.05, 0.1) is 0 Å². The van der Waals surface area contributed by atoms with Gasteiger partial charge in [-0.25, -0.2) is 8.42 Å². The molecule has 0 radical (unpaired) electrons. The van der Waals surface area contributed by atoms with Crippen LogP contribution < -0.4 is 21.3 Å². The SMILES string of the molecule is O=S(=O)(N1CCCNCCNCCCNCCNCC1)C(F)(F)F. The highest BCUT2D eigenvalue weighted by Gasteiger charge is 2.49. The van der Waals surface area contributed by atoms with E-state index in [1.165, 1.54) is 0 Å². The van der Waals surface area contributed by atoms with Gasteiger partial charge >= 0.3 is 15.5 Å². The van der Waals surface area contributed by atoms with E-state index in [0.717, 1.165) is 26.1 Å². The average Bonchev–Trinajstić information content (AvgIpc) is 2.50. The van der Waals surface area contributed by atoms with Gasteiger partial charge in [-0.1, -0.05) is 0 Å². The molecule has 1 fully saturated rings. The van der Waals surface area contributed by atoms with Crippen molar-refractivity contribution in [3.8, 4) is 0 Å². The van der Waals surface area contributed by atoms with Gasteiger partial charge in [-0.05, 0) is 32.5 Å². The highest BCUT2D eigenvalue weighted by molar-refractivity contribution is 7.90. The molecule has 0 bridgehead atoms. The van der Waals surface area contributed by atoms with E-state index in [1.54, 1.807) is 0 Å². The fraction of sp³-hybridized carbons (Fsp3) is 1.00. The van der Waals surface area contributed by atoms with E-state index in [0.29, 0.717) is 36.9 Å². The molecule has 0 atom stereocenters. The van der Waals surface area contributed by atoms with Crippen LogP contribution in [-0.2, 0) is 10.0 Å². The van der Waals surface area contributed by atoms with Gasteiger partial charge in [0.2, 0.25) is 0 Å². The lowest BCUT2D eigenvalue weighted by molar-refractivity contribution is -0.0489. The zero-order valence-electron chi connectivity index (χ0n) is 13.8. The number of hydrogen-bond donors (Lipinski definition) is 4. The molecule has 1 aliphatic rings. The first kappa shape index (κ1) is 21.6. The second kappa shape index (κ2) is 11.2. The van der Waals surface area contributed by atoms with Crippen LogP contribution in [0.15, 0.2) is 0 Å². The molecule has 0 amide bonds. The number of halogens is 3. The molecule has 24 heavy (non-hydrogen) atoms. The molecular formula is C13H28F3N5O2S. The lowest BCUT2D eigenvalue weighted by atomic mass is 10.4. The predicted octanol–water partition coefficient (Wildman–Crippen LogP) is -0.710. The topological polar surface area (TPSA) is 85.5 Å². The Kier molecular flexibility index (Phi) is 10.1. The van der Waals surface area contributed by atoms with Gasteiger partial charge in [-0.3, -0.25) is 0 Å². The number of nitrogens with one attached hydrogen (secondary N) is 4. The van der Waals surface area contributed by atoms with Gasteiger partial charge in [0, 0.05) is 45.8 Å². The van der Waals surface area contributed by atoms with E-state index >= 15 is 0 Å². The number of nitrogens with zero attached hydrogens (tertiary/aromatic N) is 1. The van der Waals surface area contributed by atoms with Crippen molar-refractivity contribution in [3.05, 3.63) is 0 Å². The second-order valence-corrected chi connectivity index (χ2v) is 7.49. The van der Waals surface area contributed by atoms with Crippen molar-refractivity contribution >= 4 is 10.0 Å². The summed E-state index contributed by atoms with van der Waals surface area (Å²) in [7, 11) is -5.29. The number of hydrogen-bond acceptors (Lipinski definition) is 6. The Bertz CT molecular complexity index is 416. The molecule has 0 unspecified atom stereocenters. The van der Waals surface area contributed by atoms with Crippen molar-refractivity contribution in [2.45, 2.75) is 18.3 Å². The first-order valence-corrected chi connectivity index (χ1v) is 9.69. The third kappa shape index (κ3) is 8.08. The normalized spacial score (nSPS) is 22.8. The molecule has 0 aromatic heterocycles. The summed E-state index contributed by atoms with van der Waals surface area (Å²) in [4.78, 5) is 0. The molecule has 0 aromatic carbocycles. The predicted molar refractivity (Wildman–Crippen MR) is 87.3 cm³/mol. The number of sulfonamides is 1. The molecule has 4 N–H and O–H groups in total. The molecule has 1 rings (SSSR count). The summed E-state index contributed by atoms with van der Waals surface area (Å²) in [5.74, 6) is 0. The summed E-state index contributed by atoms with van der Waals surface area (Å²) in [6.45, 7) is 4.81. The van der Waals surface area contributed by atoms with Crippen LogP contribution in [0.2, 0.25) is 0 Å². The standard InChI is InChI=1S/C13H28F3N5O2S/c14-13(15,16)24(22,23)21-11-2-5-19-7-6-17-3-1-4-18-8-9-20-10-12-21/h17-20H,1-12H2. The molecule has 0 aliphatic carbocycles. The van der Waals surface area contributed by atoms with Crippen molar-refractivity contribution in [2.24, 2.45) is 0 Å². The number of rotatable bonds is 1. The third-order valence-corrected chi connectivity index (χ3v) is 5.23. The maximum Gasteiger partial charge on any atom is 0.511 e. The van der Waals surface area contributed by atoms with E-state index < -0.39 is 15.5 Å². The summed E-state index contributed by atoms with van der Waals surface area (Å²) >= 11 is 0. The van der Waals surface area contributed by atoms with E-state index in [2.05, 4.69) is 21.3 Å². The molecule has 0 aromatic rings. The van der Waals surface area contributed by atoms with Crippen molar-refractivity contribution in [1.29, 1.82) is 0 Å². The highest BCUT2D eigenvalue weighted by atomic mass is 32.2. The summed E-state index contributed by atoms with van der Waals surface area (Å²) in [6.07, 6.45) is 1.33. The summed E-state index contributed by atoms with van der Waals surface area (Å²) in [5, 5.41) is 12.5. The summed E-state index contributed by atoms with van der Waals surface area (Å²) < 4.78 is 62.0. The minimum Gasteiger partial charge on any atom is -0.315 e. The van der Waals surface area contributed by atoms with E-state index in [9.17, 15) is 21.6 Å². The van der Waals surface area contributed by atoms with Gasteiger partial charge in [0.25, 0.3) is 0 Å². The molecular weight excluding hydrogens is 347 g/mol. The Hall–Kier alpha value is -0.460.